The number of nitrogens with one attached hydrogen (secondary N) is 1. The van der Waals surface area contributed by atoms with Gasteiger partial charge in [-0.2, -0.15) is 4.39 Å². The summed E-state index contributed by atoms with van der Waals surface area (Å²) in [4.78, 5) is 2.84. The van der Waals surface area contributed by atoms with Crippen LogP contribution in [-0.2, 0) is 9.84 Å². The molecule has 0 radical (unpaired) electrons. The van der Waals surface area contributed by atoms with Gasteiger partial charge in [0.2, 0.25) is 11.1 Å². The van der Waals surface area contributed by atoms with Crippen molar-refractivity contribution < 1.29 is 12.8 Å². The van der Waals surface area contributed by atoms with Crippen molar-refractivity contribution in [2.45, 2.75) is 12.0 Å². The fraction of sp³-hybridized carbons (Fsp3) is 0.500. The summed E-state index contributed by atoms with van der Waals surface area (Å²) >= 11 is 5.60. The SMILES string of the molecule is CC1(Cl)N=C(F)C(S(C)(=O)=O)=CN1. The predicted octanol–water partition coefficient (Wildman–Crippen LogP) is 0.756. The van der Waals surface area contributed by atoms with Crippen LogP contribution in [0.1, 0.15) is 6.92 Å². The molecule has 0 aromatic heterocycles. The van der Waals surface area contributed by atoms with Crippen molar-refractivity contribution in [1.82, 2.24) is 5.32 Å². The van der Waals surface area contributed by atoms with E-state index in [0.29, 0.717) is 0 Å². The van der Waals surface area contributed by atoms with Crippen LogP contribution in [-0.4, -0.2) is 25.8 Å². The third kappa shape index (κ3) is 2.41. The third-order valence-corrected chi connectivity index (χ3v) is 2.66. The molecule has 1 rings (SSSR count). The topological polar surface area (TPSA) is 58.5 Å². The maximum atomic E-state index is 13.0. The highest BCUT2D eigenvalue weighted by Crippen LogP contribution is 2.21. The fourth-order valence-electron chi connectivity index (χ4n) is 0.789. The van der Waals surface area contributed by atoms with E-state index in [1.807, 2.05) is 0 Å². The molecule has 0 saturated heterocycles. The number of aliphatic imine (C=N–C) groups is 1. The van der Waals surface area contributed by atoms with Gasteiger partial charge in [-0.3, -0.25) is 0 Å². The summed E-state index contributed by atoms with van der Waals surface area (Å²) in [5.74, 6) is -1.07. The smallest absolute Gasteiger partial charge is 0.231 e. The number of allylic oxidation sites excluding steroid dienone is 1. The van der Waals surface area contributed by atoms with Gasteiger partial charge in [-0.1, -0.05) is 11.6 Å². The summed E-state index contributed by atoms with van der Waals surface area (Å²) in [5.41, 5.74) is 0. The molecular formula is C6H8ClFN2O2S. The van der Waals surface area contributed by atoms with Crippen LogP contribution in [0.5, 0.6) is 0 Å². The van der Waals surface area contributed by atoms with Crippen LogP contribution in [0.4, 0.5) is 4.39 Å². The summed E-state index contributed by atoms with van der Waals surface area (Å²) in [7, 11) is -3.59. The number of hydrogen-bond acceptors (Lipinski definition) is 4. The lowest BCUT2D eigenvalue weighted by Crippen LogP contribution is -2.36. The maximum absolute atomic E-state index is 13.0. The van der Waals surface area contributed by atoms with E-state index in [-0.39, 0.29) is 0 Å². The van der Waals surface area contributed by atoms with Gasteiger partial charge in [0, 0.05) is 12.5 Å². The first-order valence-electron chi connectivity index (χ1n) is 3.35. The predicted molar refractivity (Wildman–Crippen MR) is 48.9 cm³/mol. The van der Waals surface area contributed by atoms with E-state index >= 15 is 0 Å². The van der Waals surface area contributed by atoms with E-state index in [9.17, 15) is 12.8 Å². The number of hydrogen-bond donors (Lipinski definition) is 1. The Balaban J connectivity index is 3.11. The van der Waals surface area contributed by atoms with Gasteiger partial charge in [-0.25, -0.2) is 13.4 Å². The Hall–Kier alpha value is -0.620. The van der Waals surface area contributed by atoms with Crippen molar-refractivity contribution in [3.63, 3.8) is 0 Å². The Labute approximate surface area is 80.4 Å². The van der Waals surface area contributed by atoms with Crippen molar-refractivity contribution in [1.29, 1.82) is 0 Å². The standard InChI is InChI=1S/C6H8ClFN2O2S/c1-6(7)9-3-4(5(8)10-6)13(2,11)12/h3,9H,1-2H3. The first-order chi connectivity index (χ1) is 5.72. The molecule has 0 spiro atoms. The van der Waals surface area contributed by atoms with Gasteiger partial charge < -0.3 is 5.32 Å². The Morgan fingerprint density at radius 1 is 1.69 bits per heavy atom. The fourth-order valence-corrected chi connectivity index (χ4v) is 1.54. The zero-order valence-electron chi connectivity index (χ0n) is 7.01. The van der Waals surface area contributed by atoms with Crippen molar-refractivity contribution in [2.75, 3.05) is 6.26 Å². The summed E-state index contributed by atoms with van der Waals surface area (Å²) in [5, 5.41) is 1.13. The molecule has 13 heavy (non-hydrogen) atoms. The van der Waals surface area contributed by atoms with Crippen molar-refractivity contribution >= 4 is 27.4 Å². The highest BCUT2D eigenvalue weighted by Gasteiger charge is 2.29. The lowest BCUT2D eigenvalue weighted by Gasteiger charge is -2.22. The molecule has 1 heterocycles. The molecular weight excluding hydrogens is 219 g/mol. The van der Waals surface area contributed by atoms with Gasteiger partial charge in [0.15, 0.2) is 9.84 Å². The third-order valence-electron chi connectivity index (χ3n) is 1.38. The molecule has 1 aliphatic rings. The largest absolute Gasteiger partial charge is 0.354 e. The quantitative estimate of drug-likeness (QED) is 0.530. The van der Waals surface area contributed by atoms with Crippen LogP contribution in [0.3, 0.4) is 0 Å². The first-order valence-corrected chi connectivity index (χ1v) is 5.62. The minimum atomic E-state index is -3.59. The number of halogens is 2. The molecule has 4 nitrogen and oxygen atoms in total. The van der Waals surface area contributed by atoms with Crippen molar-refractivity contribution in [2.24, 2.45) is 4.99 Å². The van der Waals surface area contributed by atoms with Gasteiger partial charge in [0.05, 0.1) is 0 Å². The minimum absolute atomic E-state index is 0.481. The van der Waals surface area contributed by atoms with Crippen LogP contribution in [0.15, 0.2) is 16.1 Å². The number of alkyl halides is 1. The highest BCUT2D eigenvalue weighted by molar-refractivity contribution is 7.95. The number of rotatable bonds is 1. The lowest BCUT2D eigenvalue weighted by molar-refractivity contribution is 0.567. The van der Waals surface area contributed by atoms with Crippen molar-refractivity contribution in [3.05, 3.63) is 11.1 Å². The van der Waals surface area contributed by atoms with E-state index < -0.39 is 25.8 Å². The monoisotopic (exact) mass is 226 g/mol. The lowest BCUT2D eigenvalue weighted by atomic mass is 10.4. The first kappa shape index (κ1) is 10.5. The minimum Gasteiger partial charge on any atom is -0.354 e. The second-order valence-corrected chi connectivity index (χ2v) is 5.50. The average Bonchev–Trinajstić information content (AvgIpc) is 1.80. The zero-order chi connectivity index (χ0) is 10.3. The van der Waals surface area contributed by atoms with E-state index in [2.05, 4.69) is 10.3 Å². The van der Waals surface area contributed by atoms with Gasteiger partial charge >= 0.3 is 0 Å². The second kappa shape index (κ2) is 2.95. The summed E-state index contributed by atoms with van der Waals surface area (Å²) in [6.45, 7) is 1.41. The molecule has 0 aromatic carbocycles. The van der Waals surface area contributed by atoms with Gasteiger partial charge in [0.1, 0.15) is 4.91 Å². The zero-order valence-corrected chi connectivity index (χ0v) is 8.58. The van der Waals surface area contributed by atoms with E-state index in [0.717, 1.165) is 12.5 Å². The molecule has 7 heteroatoms. The van der Waals surface area contributed by atoms with Gasteiger partial charge in [0.25, 0.3) is 0 Å². The number of nitrogens with zero attached hydrogens (tertiary/aromatic N) is 1. The Kier molecular flexibility index (Phi) is 2.38. The van der Waals surface area contributed by atoms with Gasteiger partial charge in [-0.05, 0) is 6.92 Å². The van der Waals surface area contributed by atoms with Gasteiger partial charge in [-0.15, -0.1) is 0 Å². The molecule has 0 saturated carbocycles. The van der Waals surface area contributed by atoms with Crippen molar-refractivity contribution in [3.8, 4) is 0 Å². The normalized spacial score (nSPS) is 28.9. The molecule has 0 bridgehead atoms. The van der Waals surface area contributed by atoms with E-state index in [4.69, 9.17) is 11.6 Å². The van der Waals surface area contributed by atoms with E-state index in [1.54, 1.807) is 0 Å². The Morgan fingerprint density at radius 3 is 2.62 bits per heavy atom. The molecule has 1 unspecified atom stereocenters. The summed E-state index contributed by atoms with van der Waals surface area (Å²) in [6, 6.07) is 0. The summed E-state index contributed by atoms with van der Waals surface area (Å²) in [6.07, 6.45) is 1.90. The molecule has 74 valence electrons. The van der Waals surface area contributed by atoms with Crippen LogP contribution in [0, 0.1) is 0 Å². The van der Waals surface area contributed by atoms with Crippen LogP contribution in [0.25, 0.3) is 0 Å². The van der Waals surface area contributed by atoms with Crippen LogP contribution in [0.2, 0.25) is 0 Å². The highest BCUT2D eigenvalue weighted by atomic mass is 35.5. The molecule has 0 aliphatic carbocycles. The second-order valence-electron chi connectivity index (χ2n) is 2.78. The average molecular weight is 227 g/mol. The molecule has 1 atom stereocenters. The maximum Gasteiger partial charge on any atom is 0.231 e. The molecule has 0 amide bonds. The number of sulfone groups is 1. The van der Waals surface area contributed by atoms with E-state index in [1.165, 1.54) is 6.92 Å². The molecule has 1 aliphatic heterocycles. The van der Waals surface area contributed by atoms with Crippen LogP contribution < -0.4 is 5.32 Å². The Morgan fingerprint density at radius 2 is 2.23 bits per heavy atom. The molecule has 0 fully saturated rings. The van der Waals surface area contributed by atoms with Crippen LogP contribution >= 0.6 is 11.6 Å². The molecule has 0 aromatic rings. The molecule has 1 N–H and O–H groups in total. The Bertz CT molecular complexity index is 385. The summed E-state index contributed by atoms with van der Waals surface area (Å²) < 4.78 is 34.9.